The van der Waals surface area contributed by atoms with Crippen LogP contribution in [0.15, 0.2) is 0 Å². The molecule has 1 fully saturated rings. The van der Waals surface area contributed by atoms with Gasteiger partial charge in [-0.3, -0.25) is 9.59 Å². The number of primary amides is 1. The Labute approximate surface area is 90.8 Å². The zero-order chi connectivity index (χ0) is 11.6. The molecule has 0 unspecified atom stereocenters. The quantitative estimate of drug-likeness (QED) is 0.704. The predicted octanol–water partition coefficient (Wildman–Crippen LogP) is 0.899. The van der Waals surface area contributed by atoms with Crippen molar-refractivity contribution in [3.8, 4) is 0 Å². The molecule has 1 rings (SSSR count). The summed E-state index contributed by atoms with van der Waals surface area (Å²) in [5.41, 5.74) is 5.35. The number of carbonyl (C=O) groups excluding carboxylic acids is 2. The van der Waals surface area contributed by atoms with Crippen LogP contribution in [0.5, 0.6) is 0 Å². The predicted molar refractivity (Wildman–Crippen MR) is 58.0 cm³/mol. The van der Waals surface area contributed by atoms with Crippen LogP contribution < -0.4 is 5.73 Å². The molecule has 0 atom stereocenters. The monoisotopic (exact) mass is 212 g/mol. The van der Waals surface area contributed by atoms with E-state index in [9.17, 15) is 9.59 Å². The highest BCUT2D eigenvalue weighted by atomic mass is 16.2. The largest absolute Gasteiger partial charge is 0.369 e. The van der Waals surface area contributed by atoms with E-state index in [1.165, 1.54) is 0 Å². The minimum atomic E-state index is -0.544. The SMILES string of the molecule is CCN(C(=O)CC(N)=O)C1CC(C)(C)C1. The molecule has 1 aliphatic rings. The van der Waals surface area contributed by atoms with Crippen LogP contribution in [0, 0.1) is 5.41 Å². The summed E-state index contributed by atoms with van der Waals surface area (Å²) in [5.74, 6) is -0.678. The first-order valence-corrected chi connectivity index (χ1v) is 5.43. The molecule has 2 N–H and O–H groups in total. The molecule has 86 valence electrons. The summed E-state index contributed by atoms with van der Waals surface area (Å²) < 4.78 is 0. The molecule has 0 bridgehead atoms. The van der Waals surface area contributed by atoms with Crippen molar-refractivity contribution in [2.75, 3.05) is 6.54 Å². The van der Waals surface area contributed by atoms with Gasteiger partial charge in [-0.25, -0.2) is 0 Å². The first kappa shape index (κ1) is 12.0. The maximum Gasteiger partial charge on any atom is 0.232 e. The summed E-state index contributed by atoms with van der Waals surface area (Å²) in [4.78, 5) is 24.1. The normalized spacial score (nSPS) is 19.4. The second kappa shape index (κ2) is 4.21. The number of carbonyl (C=O) groups is 2. The first-order chi connectivity index (χ1) is 6.85. The van der Waals surface area contributed by atoms with Gasteiger partial charge in [0.05, 0.1) is 0 Å². The zero-order valence-electron chi connectivity index (χ0n) is 9.75. The van der Waals surface area contributed by atoms with Crippen LogP contribution in [-0.4, -0.2) is 29.3 Å². The standard InChI is InChI=1S/C11H20N2O2/c1-4-13(10(15)5-9(12)14)8-6-11(2,3)7-8/h8H,4-7H2,1-3H3,(H2,12,14). The van der Waals surface area contributed by atoms with Crippen molar-refractivity contribution in [1.29, 1.82) is 0 Å². The van der Waals surface area contributed by atoms with Crippen LogP contribution in [0.2, 0.25) is 0 Å². The van der Waals surface area contributed by atoms with E-state index in [1.54, 1.807) is 4.90 Å². The summed E-state index contributed by atoms with van der Waals surface area (Å²) >= 11 is 0. The molecule has 0 aromatic rings. The van der Waals surface area contributed by atoms with Crippen LogP contribution in [-0.2, 0) is 9.59 Å². The Hall–Kier alpha value is -1.06. The molecule has 0 saturated heterocycles. The Kier molecular flexibility index (Phi) is 3.37. The Bertz CT molecular complexity index is 266. The maximum absolute atomic E-state index is 11.7. The fourth-order valence-electron chi connectivity index (χ4n) is 2.33. The second-order valence-corrected chi connectivity index (χ2v) is 5.05. The number of nitrogens with zero attached hydrogens (tertiary/aromatic N) is 1. The van der Waals surface area contributed by atoms with Gasteiger partial charge in [0.1, 0.15) is 6.42 Å². The Morgan fingerprint density at radius 1 is 1.40 bits per heavy atom. The third-order valence-electron chi connectivity index (χ3n) is 3.00. The lowest BCUT2D eigenvalue weighted by Crippen LogP contribution is -2.51. The fourth-order valence-corrected chi connectivity index (χ4v) is 2.33. The van der Waals surface area contributed by atoms with Crippen molar-refractivity contribution in [3.05, 3.63) is 0 Å². The first-order valence-electron chi connectivity index (χ1n) is 5.43. The molecular weight excluding hydrogens is 192 g/mol. The van der Waals surface area contributed by atoms with E-state index in [0.29, 0.717) is 18.0 Å². The van der Waals surface area contributed by atoms with Crippen LogP contribution in [0.25, 0.3) is 0 Å². The van der Waals surface area contributed by atoms with E-state index in [-0.39, 0.29) is 12.3 Å². The topological polar surface area (TPSA) is 63.4 Å². The molecule has 0 radical (unpaired) electrons. The van der Waals surface area contributed by atoms with Gasteiger partial charge in [-0.2, -0.15) is 0 Å². The third kappa shape index (κ3) is 2.94. The van der Waals surface area contributed by atoms with E-state index in [0.717, 1.165) is 12.8 Å². The molecular formula is C11H20N2O2. The lowest BCUT2D eigenvalue weighted by molar-refractivity contribution is -0.140. The Balaban J connectivity index is 2.50. The number of amides is 2. The number of hydrogen-bond donors (Lipinski definition) is 1. The lowest BCUT2D eigenvalue weighted by Gasteiger charge is -2.48. The van der Waals surface area contributed by atoms with Crippen molar-refractivity contribution in [1.82, 2.24) is 4.90 Å². The van der Waals surface area contributed by atoms with Crippen LogP contribution in [0.3, 0.4) is 0 Å². The van der Waals surface area contributed by atoms with E-state index >= 15 is 0 Å². The molecule has 4 nitrogen and oxygen atoms in total. The van der Waals surface area contributed by atoms with Crippen molar-refractivity contribution < 1.29 is 9.59 Å². The molecule has 0 heterocycles. The summed E-state index contributed by atoms with van der Waals surface area (Å²) in [6.45, 7) is 6.98. The van der Waals surface area contributed by atoms with Gasteiger partial charge in [-0.05, 0) is 25.2 Å². The molecule has 1 saturated carbocycles. The van der Waals surface area contributed by atoms with E-state index < -0.39 is 5.91 Å². The van der Waals surface area contributed by atoms with Gasteiger partial charge in [0, 0.05) is 12.6 Å². The summed E-state index contributed by atoms with van der Waals surface area (Å²) in [6.07, 6.45) is 1.88. The van der Waals surface area contributed by atoms with Crippen LogP contribution in [0.1, 0.15) is 40.0 Å². The highest BCUT2D eigenvalue weighted by molar-refractivity contribution is 5.96. The highest BCUT2D eigenvalue weighted by Gasteiger charge is 2.40. The van der Waals surface area contributed by atoms with Gasteiger partial charge in [0.2, 0.25) is 11.8 Å². The molecule has 2 amide bonds. The summed E-state index contributed by atoms with van der Waals surface area (Å²) in [7, 11) is 0. The Morgan fingerprint density at radius 2 is 1.93 bits per heavy atom. The van der Waals surface area contributed by atoms with Gasteiger partial charge < -0.3 is 10.6 Å². The maximum atomic E-state index is 11.7. The molecule has 0 aromatic heterocycles. The van der Waals surface area contributed by atoms with Gasteiger partial charge in [-0.1, -0.05) is 13.8 Å². The van der Waals surface area contributed by atoms with Crippen LogP contribution >= 0.6 is 0 Å². The van der Waals surface area contributed by atoms with E-state index in [2.05, 4.69) is 13.8 Å². The average molecular weight is 212 g/mol. The van der Waals surface area contributed by atoms with Gasteiger partial charge in [-0.15, -0.1) is 0 Å². The lowest BCUT2D eigenvalue weighted by atomic mass is 9.68. The number of rotatable bonds is 4. The minimum Gasteiger partial charge on any atom is -0.369 e. The molecule has 4 heteroatoms. The summed E-state index contributed by atoms with van der Waals surface area (Å²) in [5, 5.41) is 0. The zero-order valence-corrected chi connectivity index (χ0v) is 9.75. The molecule has 0 aromatic carbocycles. The van der Waals surface area contributed by atoms with Crippen molar-refractivity contribution in [2.45, 2.75) is 46.1 Å². The average Bonchev–Trinajstić information content (AvgIpc) is 2.00. The van der Waals surface area contributed by atoms with E-state index in [4.69, 9.17) is 5.73 Å². The fraction of sp³-hybridized carbons (Fsp3) is 0.818. The molecule has 15 heavy (non-hydrogen) atoms. The Morgan fingerprint density at radius 3 is 2.27 bits per heavy atom. The second-order valence-electron chi connectivity index (χ2n) is 5.05. The third-order valence-corrected chi connectivity index (χ3v) is 3.00. The minimum absolute atomic E-state index is 0.134. The van der Waals surface area contributed by atoms with Crippen molar-refractivity contribution in [3.63, 3.8) is 0 Å². The van der Waals surface area contributed by atoms with Gasteiger partial charge >= 0.3 is 0 Å². The highest BCUT2D eigenvalue weighted by Crippen LogP contribution is 2.42. The summed E-state index contributed by atoms with van der Waals surface area (Å²) in [6, 6.07) is 0.303. The van der Waals surface area contributed by atoms with Gasteiger partial charge in [0.25, 0.3) is 0 Å². The van der Waals surface area contributed by atoms with Crippen LogP contribution in [0.4, 0.5) is 0 Å². The smallest absolute Gasteiger partial charge is 0.232 e. The van der Waals surface area contributed by atoms with Crippen molar-refractivity contribution >= 4 is 11.8 Å². The molecule has 0 spiro atoms. The van der Waals surface area contributed by atoms with E-state index in [1.807, 2.05) is 6.92 Å². The number of nitrogens with two attached hydrogens (primary N) is 1. The van der Waals surface area contributed by atoms with Crippen molar-refractivity contribution in [2.24, 2.45) is 11.1 Å². The molecule has 0 aliphatic heterocycles. The number of hydrogen-bond acceptors (Lipinski definition) is 2. The molecule has 1 aliphatic carbocycles. The van der Waals surface area contributed by atoms with Gasteiger partial charge in [0.15, 0.2) is 0 Å².